The molecule has 4 rings (SSSR count). The van der Waals surface area contributed by atoms with Gasteiger partial charge in [0.2, 0.25) is 0 Å². The van der Waals surface area contributed by atoms with E-state index in [1.165, 1.54) is 24.8 Å². The van der Waals surface area contributed by atoms with Crippen molar-refractivity contribution < 1.29 is 15.3 Å². The molecule has 0 spiro atoms. The third kappa shape index (κ3) is 3.71. The largest absolute Gasteiger partial charge is 0.396 e. The van der Waals surface area contributed by atoms with Crippen LogP contribution in [0.4, 0.5) is 0 Å². The molecule has 0 unspecified atom stereocenters. The molecule has 3 fully saturated rings. The van der Waals surface area contributed by atoms with E-state index >= 15 is 0 Å². The first-order valence-corrected chi connectivity index (χ1v) is 13.6. The number of allylic oxidation sites excluding steroid dienone is 2. The SMILES string of the molecule is C[C@H](C/C=C/C(C)(C)O)[C@H]1CC[C@@]2(C)[C@@H]3CC=C4[C@@H](CC[C@H](O)C4(C)C)[C@]3(CO)CC[C@]12C. The van der Waals surface area contributed by atoms with E-state index in [1.807, 2.05) is 19.9 Å². The highest BCUT2D eigenvalue weighted by Gasteiger charge is 2.68. The summed E-state index contributed by atoms with van der Waals surface area (Å²) in [5.74, 6) is 2.20. The molecule has 0 aliphatic heterocycles. The van der Waals surface area contributed by atoms with Crippen molar-refractivity contribution in [2.45, 2.75) is 112 Å². The third-order valence-electron chi connectivity index (χ3n) is 11.6. The number of rotatable bonds is 5. The fourth-order valence-corrected chi connectivity index (χ4v) is 9.42. The molecule has 4 aliphatic carbocycles. The van der Waals surface area contributed by atoms with Gasteiger partial charge in [-0.05, 0) is 99.7 Å². The van der Waals surface area contributed by atoms with Crippen LogP contribution in [0.5, 0.6) is 0 Å². The van der Waals surface area contributed by atoms with Gasteiger partial charge in [0.15, 0.2) is 0 Å². The highest BCUT2D eigenvalue weighted by atomic mass is 16.3. The summed E-state index contributed by atoms with van der Waals surface area (Å²) in [6.45, 7) is 15.9. The minimum absolute atomic E-state index is 0.0330. The van der Waals surface area contributed by atoms with Crippen molar-refractivity contribution in [2.24, 2.45) is 45.3 Å². The number of hydrogen-bond acceptors (Lipinski definition) is 3. The maximum absolute atomic E-state index is 11.0. The predicted octanol–water partition coefficient (Wildman–Crippen LogP) is 6.28. The van der Waals surface area contributed by atoms with Crippen LogP contribution >= 0.6 is 0 Å². The van der Waals surface area contributed by atoms with Crippen molar-refractivity contribution in [3.63, 3.8) is 0 Å². The zero-order chi connectivity index (χ0) is 24.4. The first kappa shape index (κ1) is 25.5. The molecule has 0 amide bonds. The Morgan fingerprint density at radius 2 is 1.76 bits per heavy atom. The second-order valence-corrected chi connectivity index (χ2v) is 14.0. The highest BCUT2D eigenvalue weighted by molar-refractivity contribution is 5.31. The van der Waals surface area contributed by atoms with Crippen molar-refractivity contribution in [3.05, 3.63) is 23.8 Å². The summed E-state index contributed by atoms with van der Waals surface area (Å²) in [6.07, 6.45) is 15.1. The summed E-state index contributed by atoms with van der Waals surface area (Å²) in [7, 11) is 0. The molecular weight excluding hydrogens is 408 g/mol. The molecule has 0 aromatic rings. The summed E-state index contributed by atoms with van der Waals surface area (Å²) in [6, 6.07) is 0. The molecule has 3 nitrogen and oxygen atoms in total. The van der Waals surface area contributed by atoms with Gasteiger partial charge in [-0.15, -0.1) is 0 Å². The number of fused-ring (bicyclic) bond motifs is 5. The maximum atomic E-state index is 11.0. The lowest BCUT2D eigenvalue weighted by molar-refractivity contribution is -0.168. The molecule has 188 valence electrons. The molecule has 0 saturated heterocycles. The molecular formula is C30H50O3. The molecule has 3 saturated carbocycles. The van der Waals surface area contributed by atoms with E-state index in [2.05, 4.69) is 46.8 Å². The van der Waals surface area contributed by atoms with Gasteiger partial charge in [0.25, 0.3) is 0 Å². The van der Waals surface area contributed by atoms with Gasteiger partial charge in [-0.1, -0.05) is 58.4 Å². The van der Waals surface area contributed by atoms with Crippen LogP contribution in [-0.2, 0) is 0 Å². The molecule has 4 aliphatic rings. The van der Waals surface area contributed by atoms with Crippen molar-refractivity contribution in [3.8, 4) is 0 Å². The molecule has 0 bridgehead atoms. The first-order valence-electron chi connectivity index (χ1n) is 13.6. The zero-order valence-corrected chi connectivity index (χ0v) is 22.3. The van der Waals surface area contributed by atoms with Gasteiger partial charge in [0, 0.05) is 17.4 Å². The minimum Gasteiger partial charge on any atom is -0.396 e. The van der Waals surface area contributed by atoms with Crippen LogP contribution in [0.2, 0.25) is 0 Å². The van der Waals surface area contributed by atoms with E-state index in [-0.39, 0.29) is 34.4 Å². The number of aliphatic hydroxyl groups excluding tert-OH is 2. The Morgan fingerprint density at radius 3 is 2.39 bits per heavy atom. The van der Waals surface area contributed by atoms with Crippen LogP contribution in [0.1, 0.15) is 99.8 Å². The van der Waals surface area contributed by atoms with Gasteiger partial charge >= 0.3 is 0 Å². The molecule has 0 radical (unpaired) electrons. The van der Waals surface area contributed by atoms with Gasteiger partial charge in [0.1, 0.15) is 0 Å². The average Bonchev–Trinajstić information content (AvgIpc) is 3.01. The van der Waals surface area contributed by atoms with E-state index in [9.17, 15) is 15.3 Å². The third-order valence-corrected chi connectivity index (χ3v) is 11.6. The zero-order valence-electron chi connectivity index (χ0n) is 22.3. The van der Waals surface area contributed by atoms with E-state index < -0.39 is 5.60 Å². The van der Waals surface area contributed by atoms with Gasteiger partial charge in [0.05, 0.1) is 11.7 Å². The van der Waals surface area contributed by atoms with Crippen molar-refractivity contribution >= 4 is 0 Å². The van der Waals surface area contributed by atoms with Crippen LogP contribution in [0, 0.1) is 45.3 Å². The van der Waals surface area contributed by atoms with Crippen LogP contribution in [0.15, 0.2) is 23.8 Å². The molecule has 8 atom stereocenters. The van der Waals surface area contributed by atoms with E-state index in [0.29, 0.717) is 23.7 Å². The molecule has 0 aromatic heterocycles. The minimum atomic E-state index is -0.743. The summed E-state index contributed by atoms with van der Waals surface area (Å²) < 4.78 is 0. The smallest absolute Gasteiger partial charge is 0.0771 e. The summed E-state index contributed by atoms with van der Waals surface area (Å²) >= 11 is 0. The Kier molecular flexibility index (Phi) is 6.33. The molecule has 0 aromatic carbocycles. The Morgan fingerprint density at radius 1 is 1.06 bits per heavy atom. The van der Waals surface area contributed by atoms with Crippen LogP contribution in [-0.4, -0.2) is 33.6 Å². The van der Waals surface area contributed by atoms with Crippen LogP contribution < -0.4 is 0 Å². The summed E-state index contributed by atoms with van der Waals surface area (Å²) in [5.41, 5.74) is 0.986. The van der Waals surface area contributed by atoms with Crippen LogP contribution in [0.3, 0.4) is 0 Å². The van der Waals surface area contributed by atoms with Crippen molar-refractivity contribution in [1.82, 2.24) is 0 Å². The van der Waals surface area contributed by atoms with Gasteiger partial charge < -0.3 is 15.3 Å². The normalized spacial score (nSPS) is 45.8. The predicted molar refractivity (Wildman–Crippen MR) is 136 cm³/mol. The van der Waals surface area contributed by atoms with E-state index in [4.69, 9.17) is 0 Å². The van der Waals surface area contributed by atoms with Crippen molar-refractivity contribution in [1.29, 1.82) is 0 Å². The lowest BCUT2D eigenvalue weighted by atomic mass is 9.38. The summed E-state index contributed by atoms with van der Waals surface area (Å²) in [4.78, 5) is 0. The topological polar surface area (TPSA) is 60.7 Å². The van der Waals surface area contributed by atoms with Gasteiger partial charge in [-0.2, -0.15) is 0 Å². The molecule has 3 heteroatoms. The second kappa shape index (κ2) is 8.20. The fraction of sp³-hybridized carbons (Fsp3) is 0.867. The van der Waals surface area contributed by atoms with Gasteiger partial charge in [-0.3, -0.25) is 0 Å². The average molecular weight is 459 g/mol. The lowest BCUT2D eigenvalue weighted by Crippen LogP contribution is -2.61. The highest BCUT2D eigenvalue weighted by Crippen LogP contribution is 2.74. The second-order valence-electron chi connectivity index (χ2n) is 14.0. The van der Waals surface area contributed by atoms with E-state index in [1.54, 1.807) is 0 Å². The quantitative estimate of drug-likeness (QED) is 0.425. The maximum Gasteiger partial charge on any atom is 0.0771 e. The standard InChI is InChI=1S/C30H50O3/c1-20(9-8-15-26(2,3)33)21-14-16-29(7)24-12-10-22-23(11-13-25(32)27(22,4)5)30(24,19-31)18-17-28(21,29)6/h8,10,15,20-21,23-25,31-33H,9,11-14,16-19H2,1-7H3/b15-8+/t20-,21-,23-,24+,25+,28-,29+,30-/m1/s1. The number of aliphatic hydroxyl groups is 3. The van der Waals surface area contributed by atoms with E-state index in [0.717, 1.165) is 32.1 Å². The Balaban J connectivity index is 1.65. The monoisotopic (exact) mass is 458 g/mol. The fourth-order valence-electron chi connectivity index (χ4n) is 9.42. The Bertz CT molecular complexity index is 804. The first-order chi connectivity index (χ1) is 15.2. The summed E-state index contributed by atoms with van der Waals surface area (Å²) in [5, 5.41) is 31.9. The molecule has 0 heterocycles. The Labute approximate surface area is 202 Å². The lowest BCUT2D eigenvalue weighted by Gasteiger charge is -2.66. The van der Waals surface area contributed by atoms with Crippen molar-refractivity contribution in [2.75, 3.05) is 6.61 Å². The van der Waals surface area contributed by atoms with Gasteiger partial charge in [-0.25, -0.2) is 0 Å². The van der Waals surface area contributed by atoms with Crippen LogP contribution in [0.25, 0.3) is 0 Å². The number of hydrogen-bond donors (Lipinski definition) is 3. The molecule has 3 N–H and O–H groups in total. The molecule has 33 heavy (non-hydrogen) atoms. The Hall–Kier alpha value is -0.640.